The molecule has 0 unspecified atom stereocenters. The first-order valence-electron chi connectivity index (χ1n) is 8.27. The van der Waals surface area contributed by atoms with E-state index in [2.05, 4.69) is 15.3 Å². The molecule has 9 heteroatoms. The molecule has 1 fully saturated rings. The van der Waals surface area contributed by atoms with Gasteiger partial charge in [-0.1, -0.05) is 17.7 Å². The van der Waals surface area contributed by atoms with E-state index >= 15 is 0 Å². The zero-order chi connectivity index (χ0) is 19.1. The first-order valence-corrected chi connectivity index (χ1v) is 8.65. The lowest BCUT2D eigenvalue weighted by molar-refractivity contribution is 0.187. The molecule has 3 aromatic rings. The molecule has 138 valence electrons. The van der Waals surface area contributed by atoms with Gasteiger partial charge < -0.3 is 10.4 Å². The number of benzene rings is 1. The minimum absolute atomic E-state index is 0.0115. The molecule has 0 radical (unpaired) electrons. The number of nitrogens with one attached hydrogen (secondary N) is 1. The van der Waals surface area contributed by atoms with Gasteiger partial charge >= 0.3 is 6.09 Å². The van der Waals surface area contributed by atoms with Crippen molar-refractivity contribution in [3.63, 3.8) is 0 Å². The second-order valence-corrected chi connectivity index (χ2v) is 6.78. The fourth-order valence-corrected chi connectivity index (χ4v) is 3.39. The fourth-order valence-electron chi connectivity index (χ4n) is 3.14. The summed E-state index contributed by atoms with van der Waals surface area (Å²) in [6.07, 6.45) is 2.72. The lowest BCUT2D eigenvalue weighted by atomic mass is 10.1. The van der Waals surface area contributed by atoms with Crippen LogP contribution in [0.3, 0.4) is 0 Å². The minimum Gasteiger partial charge on any atom is -0.465 e. The third-order valence-electron chi connectivity index (χ3n) is 4.47. The molecule has 2 aromatic heterocycles. The van der Waals surface area contributed by atoms with Crippen molar-refractivity contribution in [3.05, 3.63) is 63.7 Å². The van der Waals surface area contributed by atoms with Crippen molar-refractivity contribution in [2.45, 2.75) is 18.9 Å². The summed E-state index contributed by atoms with van der Waals surface area (Å²) in [5.74, 6) is -0.428. The number of fused-ring (bicyclic) bond motifs is 1. The van der Waals surface area contributed by atoms with Crippen LogP contribution in [0.15, 0.2) is 41.5 Å². The minimum atomic E-state index is -1.23. The van der Waals surface area contributed by atoms with E-state index in [1.54, 1.807) is 18.2 Å². The number of hydrogen-bond acceptors (Lipinski definition) is 4. The molecule has 0 spiro atoms. The number of aromatic nitrogens is 3. The van der Waals surface area contributed by atoms with Crippen LogP contribution in [0.4, 0.5) is 9.18 Å². The molecule has 1 aliphatic rings. The number of halogens is 2. The highest BCUT2D eigenvalue weighted by atomic mass is 35.5. The molecular formula is C18H14ClFN4O3. The Bertz CT molecular complexity index is 1110. The Kier molecular flexibility index (Phi) is 4.27. The van der Waals surface area contributed by atoms with Gasteiger partial charge in [-0.3, -0.25) is 14.3 Å². The van der Waals surface area contributed by atoms with Gasteiger partial charge in [0.05, 0.1) is 40.0 Å². The largest absolute Gasteiger partial charge is 0.465 e. The molecule has 1 saturated carbocycles. The average Bonchev–Trinajstić information content (AvgIpc) is 3.44. The normalized spacial score (nSPS) is 14.9. The van der Waals surface area contributed by atoms with E-state index in [-0.39, 0.29) is 27.8 Å². The standard InChI is InChI=1S/C18H14ClFN4O3/c19-12-2-1-3-13-14(12)17(25)24(11-6-10(20)7-21-8-11)16(22-13)15(9-4-5-9)23-18(26)27/h1-3,6-9,15,23H,4-5H2,(H,26,27)/t15-/m0/s1. The Morgan fingerprint density at radius 1 is 1.37 bits per heavy atom. The van der Waals surface area contributed by atoms with E-state index < -0.39 is 23.5 Å². The summed E-state index contributed by atoms with van der Waals surface area (Å²) in [6.45, 7) is 0. The Hall–Kier alpha value is -3.00. The summed E-state index contributed by atoms with van der Waals surface area (Å²) in [6, 6.07) is 5.29. The molecule has 1 atom stereocenters. The predicted molar refractivity (Wildman–Crippen MR) is 96.7 cm³/mol. The van der Waals surface area contributed by atoms with Crippen molar-refractivity contribution >= 4 is 28.6 Å². The number of carboxylic acid groups (broad SMARTS) is 1. The molecule has 0 aliphatic heterocycles. The van der Waals surface area contributed by atoms with Gasteiger partial charge in [0.1, 0.15) is 11.6 Å². The van der Waals surface area contributed by atoms with Gasteiger partial charge in [-0.2, -0.15) is 0 Å². The van der Waals surface area contributed by atoms with Crippen molar-refractivity contribution in [1.29, 1.82) is 0 Å². The van der Waals surface area contributed by atoms with Crippen molar-refractivity contribution < 1.29 is 14.3 Å². The average molecular weight is 389 g/mol. The summed E-state index contributed by atoms with van der Waals surface area (Å²) in [4.78, 5) is 32.8. The molecular weight excluding hydrogens is 375 g/mol. The van der Waals surface area contributed by atoms with E-state index in [9.17, 15) is 19.1 Å². The Morgan fingerprint density at radius 2 is 2.15 bits per heavy atom. The second kappa shape index (κ2) is 6.62. The second-order valence-electron chi connectivity index (χ2n) is 6.37. The molecule has 7 nitrogen and oxygen atoms in total. The van der Waals surface area contributed by atoms with E-state index in [0.717, 1.165) is 25.1 Å². The zero-order valence-corrected chi connectivity index (χ0v) is 14.7. The van der Waals surface area contributed by atoms with Crippen LogP contribution in [0, 0.1) is 11.7 Å². The highest BCUT2D eigenvalue weighted by molar-refractivity contribution is 6.35. The van der Waals surface area contributed by atoms with Crippen LogP contribution in [-0.2, 0) is 0 Å². The van der Waals surface area contributed by atoms with Crippen molar-refractivity contribution in [2.75, 3.05) is 0 Å². The molecule has 1 aromatic carbocycles. The maximum Gasteiger partial charge on any atom is 0.405 e. The maximum absolute atomic E-state index is 13.8. The molecule has 2 heterocycles. The van der Waals surface area contributed by atoms with Gasteiger partial charge in [0, 0.05) is 6.07 Å². The predicted octanol–water partition coefficient (Wildman–Crippen LogP) is 3.29. The number of hydrogen-bond donors (Lipinski definition) is 2. The van der Waals surface area contributed by atoms with Crippen LogP contribution in [0.5, 0.6) is 0 Å². The SMILES string of the molecule is O=C(O)N[C@H](c1nc2cccc(Cl)c2c(=O)n1-c1cncc(F)c1)C1CC1. The first-order chi connectivity index (χ1) is 13.0. The summed E-state index contributed by atoms with van der Waals surface area (Å²) < 4.78 is 14.9. The highest BCUT2D eigenvalue weighted by Gasteiger charge is 2.37. The number of pyridine rings is 1. The molecule has 1 aliphatic carbocycles. The van der Waals surface area contributed by atoms with Crippen molar-refractivity contribution in [3.8, 4) is 5.69 Å². The van der Waals surface area contributed by atoms with Gasteiger partial charge in [-0.25, -0.2) is 14.2 Å². The fraction of sp³-hybridized carbons (Fsp3) is 0.222. The van der Waals surface area contributed by atoms with Gasteiger partial charge in [0.25, 0.3) is 5.56 Å². The van der Waals surface area contributed by atoms with Crippen LogP contribution >= 0.6 is 11.6 Å². The van der Waals surface area contributed by atoms with Crippen LogP contribution in [0.2, 0.25) is 5.02 Å². The van der Waals surface area contributed by atoms with Crippen molar-refractivity contribution in [1.82, 2.24) is 19.9 Å². The number of nitrogens with zero attached hydrogens (tertiary/aromatic N) is 3. The summed E-state index contributed by atoms with van der Waals surface area (Å²) in [5, 5.41) is 12.1. The van der Waals surface area contributed by atoms with E-state index in [0.29, 0.717) is 5.52 Å². The Morgan fingerprint density at radius 3 is 2.81 bits per heavy atom. The maximum atomic E-state index is 13.8. The van der Waals surface area contributed by atoms with Crippen molar-refractivity contribution in [2.24, 2.45) is 5.92 Å². The number of rotatable bonds is 4. The van der Waals surface area contributed by atoms with Gasteiger partial charge in [0.15, 0.2) is 0 Å². The zero-order valence-electron chi connectivity index (χ0n) is 13.9. The number of carbonyl (C=O) groups is 1. The van der Waals surface area contributed by atoms with E-state index in [1.165, 1.54) is 10.8 Å². The molecule has 1 amide bonds. The van der Waals surface area contributed by atoms with Crippen LogP contribution in [0.25, 0.3) is 16.6 Å². The molecule has 0 saturated heterocycles. The van der Waals surface area contributed by atoms with Crippen LogP contribution in [-0.4, -0.2) is 25.7 Å². The highest BCUT2D eigenvalue weighted by Crippen LogP contribution is 2.41. The van der Waals surface area contributed by atoms with Crippen LogP contribution < -0.4 is 10.9 Å². The Balaban J connectivity index is 2.05. The first kappa shape index (κ1) is 17.4. The summed E-state index contributed by atoms with van der Waals surface area (Å²) in [7, 11) is 0. The lowest BCUT2D eigenvalue weighted by Gasteiger charge is -2.21. The Labute approximate surface area is 157 Å². The molecule has 2 N–H and O–H groups in total. The molecule has 4 rings (SSSR count). The topological polar surface area (TPSA) is 97.1 Å². The monoisotopic (exact) mass is 388 g/mol. The summed E-state index contributed by atoms with van der Waals surface area (Å²) in [5.41, 5.74) is -0.00560. The van der Waals surface area contributed by atoms with Gasteiger partial charge in [-0.15, -0.1) is 0 Å². The third kappa shape index (κ3) is 3.23. The third-order valence-corrected chi connectivity index (χ3v) is 4.79. The molecule has 0 bridgehead atoms. The summed E-state index contributed by atoms with van der Waals surface area (Å²) >= 11 is 6.19. The quantitative estimate of drug-likeness (QED) is 0.714. The van der Waals surface area contributed by atoms with E-state index in [4.69, 9.17) is 11.6 Å². The van der Waals surface area contributed by atoms with E-state index in [1.807, 2.05) is 0 Å². The molecule has 27 heavy (non-hydrogen) atoms. The van der Waals surface area contributed by atoms with Gasteiger partial charge in [-0.05, 0) is 30.9 Å². The smallest absolute Gasteiger partial charge is 0.405 e. The lowest BCUT2D eigenvalue weighted by Crippen LogP contribution is -2.35. The van der Waals surface area contributed by atoms with Gasteiger partial charge in [0.2, 0.25) is 0 Å². The number of amides is 1. The van der Waals surface area contributed by atoms with Crippen LogP contribution in [0.1, 0.15) is 24.7 Å².